The molecule has 182 valence electrons. The van der Waals surface area contributed by atoms with Gasteiger partial charge in [0.05, 0.1) is 0 Å². The zero-order valence-corrected chi connectivity index (χ0v) is 20.2. The number of likely N-dealkylation sites (N-methyl/N-ethyl adjacent to an activating group) is 1. The molecule has 34 heavy (non-hydrogen) atoms. The van der Waals surface area contributed by atoms with Gasteiger partial charge in [-0.3, -0.25) is 14.5 Å². The fourth-order valence-electron chi connectivity index (χ4n) is 4.77. The highest BCUT2D eigenvalue weighted by atomic mass is 16.5. The van der Waals surface area contributed by atoms with Crippen molar-refractivity contribution in [3.63, 3.8) is 0 Å². The van der Waals surface area contributed by atoms with Crippen molar-refractivity contribution in [2.45, 2.75) is 57.5 Å². The third-order valence-electron chi connectivity index (χ3n) is 6.91. The number of amides is 1. The molecule has 2 aromatic rings. The Morgan fingerprint density at radius 1 is 1.06 bits per heavy atom. The molecular formula is C28H36N2O4. The molecule has 1 aliphatic heterocycles. The van der Waals surface area contributed by atoms with Crippen LogP contribution in [0.4, 0.5) is 0 Å². The van der Waals surface area contributed by atoms with Gasteiger partial charge in [0, 0.05) is 50.8 Å². The minimum atomic E-state index is -0.112. The Balaban J connectivity index is 1.16. The van der Waals surface area contributed by atoms with Gasteiger partial charge in [-0.15, -0.1) is 0 Å². The van der Waals surface area contributed by atoms with Crippen LogP contribution in [0.25, 0.3) is 0 Å². The van der Waals surface area contributed by atoms with E-state index in [2.05, 4.69) is 23.3 Å². The summed E-state index contributed by atoms with van der Waals surface area (Å²) in [6, 6.07) is 14.3. The van der Waals surface area contributed by atoms with Crippen LogP contribution in [0.3, 0.4) is 0 Å². The molecule has 1 N–H and O–H groups in total. The Kier molecular flexibility index (Phi) is 8.72. The van der Waals surface area contributed by atoms with Crippen LogP contribution in [0.2, 0.25) is 0 Å². The van der Waals surface area contributed by atoms with Gasteiger partial charge < -0.3 is 14.8 Å². The number of aryl methyl sites for hydroxylation is 2. The maximum Gasteiger partial charge on any atom is 0.220 e. The number of nitrogens with one attached hydrogen (secondary N) is 1. The average Bonchev–Trinajstić information content (AvgIpc) is 3.35. The number of fused-ring (bicyclic) bond motifs is 1. The second-order valence-corrected chi connectivity index (χ2v) is 9.36. The van der Waals surface area contributed by atoms with E-state index in [1.54, 1.807) is 0 Å². The van der Waals surface area contributed by atoms with E-state index in [1.165, 1.54) is 11.1 Å². The highest BCUT2D eigenvalue weighted by Crippen LogP contribution is 2.23. The second-order valence-electron chi connectivity index (χ2n) is 9.36. The Labute approximate surface area is 202 Å². The van der Waals surface area contributed by atoms with Crippen LogP contribution >= 0.6 is 0 Å². The standard InChI is InChI=1S/C28H36N2O4/c1-30(25-12-15-33-16-13-25)14-17-34-26-7-2-4-21(18-26)20-29-28(32)11-10-27(31)24-9-8-22-5-3-6-23(22)19-24/h2,4,7-9,18-19,25H,3,5-6,10-17,20H2,1H3,(H,29,32). The maximum atomic E-state index is 12.5. The normalized spacial score (nSPS) is 15.8. The van der Waals surface area contributed by atoms with Crippen molar-refractivity contribution in [3.05, 3.63) is 64.7 Å². The van der Waals surface area contributed by atoms with Gasteiger partial charge in [-0.25, -0.2) is 0 Å². The molecule has 4 rings (SSSR count). The highest BCUT2D eigenvalue weighted by molar-refractivity contribution is 5.98. The number of hydrogen-bond donors (Lipinski definition) is 1. The maximum absolute atomic E-state index is 12.5. The smallest absolute Gasteiger partial charge is 0.220 e. The lowest BCUT2D eigenvalue weighted by atomic mass is 10.0. The topological polar surface area (TPSA) is 67.9 Å². The zero-order chi connectivity index (χ0) is 23.8. The molecule has 0 bridgehead atoms. The number of carbonyl (C=O) groups is 2. The summed E-state index contributed by atoms with van der Waals surface area (Å²) in [6.45, 7) is 3.58. The quantitative estimate of drug-likeness (QED) is 0.510. The summed E-state index contributed by atoms with van der Waals surface area (Å²) >= 11 is 0. The van der Waals surface area contributed by atoms with Crippen LogP contribution in [0, 0.1) is 0 Å². The van der Waals surface area contributed by atoms with E-state index in [-0.39, 0.29) is 24.5 Å². The third kappa shape index (κ3) is 6.90. The van der Waals surface area contributed by atoms with Crippen LogP contribution in [-0.4, -0.2) is 56.0 Å². The van der Waals surface area contributed by atoms with Crippen molar-refractivity contribution < 1.29 is 19.1 Å². The summed E-state index contributed by atoms with van der Waals surface area (Å²) in [6.07, 6.45) is 5.89. The van der Waals surface area contributed by atoms with E-state index < -0.39 is 0 Å². The van der Waals surface area contributed by atoms with E-state index in [1.807, 2.05) is 36.4 Å². The predicted octanol–water partition coefficient (Wildman–Crippen LogP) is 3.94. The molecule has 1 aliphatic carbocycles. The highest BCUT2D eigenvalue weighted by Gasteiger charge is 2.18. The van der Waals surface area contributed by atoms with Gasteiger partial charge in [-0.05, 0) is 74.0 Å². The molecule has 6 nitrogen and oxygen atoms in total. The molecule has 6 heteroatoms. The van der Waals surface area contributed by atoms with Crippen LogP contribution in [-0.2, 0) is 28.9 Å². The Hall–Kier alpha value is -2.70. The molecule has 0 unspecified atom stereocenters. The third-order valence-corrected chi connectivity index (χ3v) is 6.91. The molecular weight excluding hydrogens is 428 g/mol. The fourth-order valence-corrected chi connectivity index (χ4v) is 4.77. The SMILES string of the molecule is CN(CCOc1cccc(CNC(=O)CCC(=O)c2ccc3c(c2)CCC3)c1)C1CCOCC1. The first-order valence-corrected chi connectivity index (χ1v) is 12.5. The average molecular weight is 465 g/mol. The van der Waals surface area contributed by atoms with E-state index in [9.17, 15) is 9.59 Å². The van der Waals surface area contributed by atoms with Crippen molar-refractivity contribution in [3.8, 4) is 5.75 Å². The number of benzene rings is 2. The number of rotatable bonds is 11. The van der Waals surface area contributed by atoms with Gasteiger partial charge in [0.15, 0.2) is 5.78 Å². The number of hydrogen-bond acceptors (Lipinski definition) is 5. The van der Waals surface area contributed by atoms with E-state index in [0.29, 0.717) is 19.2 Å². The molecule has 1 saturated heterocycles. The zero-order valence-electron chi connectivity index (χ0n) is 20.2. The first kappa shape index (κ1) is 24.4. The minimum Gasteiger partial charge on any atom is -0.492 e. The summed E-state index contributed by atoms with van der Waals surface area (Å²) in [7, 11) is 2.14. The van der Waals surface area contributed by atoms with E-state index in [4.69, 9.17) is 9.47 Å². The van der Waals surface area contributed by atoms with Crippen molar-refractivity contribution in [1.29, 1.82) is 0 Å². The van der Waals surface area contributed by atoms with Gasteiger partial charge in [-0.2, -0.15) is 0 Å². The number of carbonyl (C=O) groups excluding carboxylic acids is 2. The number of Topliss-reactive ketones (excluding diaryl/α,β-unsaturated/α-hetero) is 1. The van der Waals surface area contributed by atoms with E-state index in [0.717, 1.165) is 68.7 Å². The van der Waals surface area contributed by atoms with Crippen molar-refractivity contribution in [2.24, 2.45) is 0 Å². The Bertz CT molecular complexity index is 984. The van der Waals surface area contributed by atoms with Crippen molar-refractivity contribution in [2.75, 3.05) is 33.4 Å². The van der Waals surface area contributed by atoms with Crippen LogP contribution in [0.5, 0.6) is 5.75 Å². The van der Waals surface area contributed by atoms with Crippen molar-refractivity contribution in [1.82, 2.24) is 10.2 Å². The predicted molar refractivity (Wildman–Crippen MR) is 132 cm³/mol. The van der Waals surface area contributed by atoms with Crippen LogP contribution in [0.1, 0.15) is 59.2 Å². The van der Waals surface area contributed by atoms with Gasteiger partial charge in [0.2, 0.25) is 5.91 Å². The number of ether oxygens (including phenoxy) is 2. The number of ketones is 1. The Morgan fingerprint density at radius 2 is 1.88 bits per heavy atom. The lowest BCUT2D eigenvalue weighted by Crippen LogP contribution is -2.38. The monoisotopic (exact) mass is 464 g/mol. The van der Waals surface area contributed by atoms with Crippen LogP contribution < -0.4 is 10.1 Å². The van der Waals surface area contributed by atoms with Gasteiger partial charge in [0.1, 0.15) is 12.4 Å². The first-order chi connectivity index (χ1) is 16.6. The molecule has 0 aromatic heterocycles. The second kappa shape index (κ2) is 12.1. The molecule has 0 saturated carbocycles. The molecule has 1 heterocycles. The first-order valence-electron chi connectivity index (χ1n) is 12.5. The summed E-state index contributed by atoms with van der Waals surface area (Å²) in [5.74, 6) is 0.726. The molecule has 0 radical (unpaired) electrons. The molecule has 2 aliphatic rings. The van der Waals surface area contributed by atoms with Crippen molar-refractivity contribution >= 4 is 11.7 Å². The summed E-state index contributed by atoms with van der Waals surface area (Å²) < 4.78 is 11.4. The summed E-state index contributed by atoms with van der Waals surface area (Å²) in [5.41, 5.74) is 4.34. The lowest BCUT2D eigenvalue weighted by molar-refractivity contribution is -0.121. The summed E-state index contributed by atoms with van der Waals surface area (Å²) in [5, 5.41) is 2.93. The fraction of sp³-hybridized carbons (Fsp3) is 0.500. The van der Waals surface area contributed by atoms with Crippen LogP contribution in [0.15, 0.2) is 42.5 Å². The molecule has 2 aromatic carbocycles. The molecule has 0 spiro atoms. The van der Waals surface area contributed by atoms with Gasteiger partial charge in [0.25, 0.3) is 0 Å². The lowest BCUT2D eigenvalue weighted by Gasteiger charge is -2.31. The van der Waals surface area contributed by atoms with Gasteiger partial charge >= 0.3 is 0 Å². The number of nitrogens with zero attached hydrogens (tertiary/aromatic N) is 1. The molecule has 1 amide bonds. The van der Waals surface area contributed by atoms with Gasteiger partial charge in [-0.1, -0.05) is 24.3 Å². The molecule has 0 atom stereocenters. The van der Waals surface area contributed by atoms with E-state index >= 15 is 0 Å². The molecule has 1 fully saturated rings. The largest absolute Gasteiger partial charge is 0.492 e. The minimum absolute atomic E-state index is 0.0333. The Morgan fingerprint density at radius 3 is 2.74 bits per heavy atom. The summed E-state index contributed by atoms with van der Waals surface area (Å²) in [4.78, 5) is 27.2.